The lowest BCUT2D eigenvalue weighted by molar-refractivity contribution is -0.136. The van der Waals surface area contributed by atoms with Crippen molar-refractivity contribution in [3.8, 4) is 17.0 Å². The molecular weight excluding hydrogens is 821 g/mol. The predicted molar refractivity (Wildman–Crippen MR) is 219 cm³/mol. The van der Waals surface area contributed by atoms with Crippen molar-refractivity contribution in [3.05, 3.63) is 93.9 Å². The number of anilines is 2. The zero-order chi connectivity index (χ0) is 41.2. The zero-order valence-electron chi connectivity index (χ0n) is 31.6. The van der Waals surface area contributed by atoms with E-state index < -0.39 is 45.8 Å². The first-order valence-corrected chi connectivity index (χ1v) is 21.4. The smallest absolute Gasteiger partial charge is 0.262 e. The van der Waals surface area contributed by atoms with Gasteiger partial charge in [0.25, 0.3) is 11.8 Å². The van der Waals surface area contributed by atoms with Crippen LogP contribution in [0.4, 0.5) is 11.5 Å². The fourth-order valence-electron chi connectivity index (χ4n) is 8.29. The third kappa shape index (κ3) is 7.15. The van der Waals surface area contributed by atoms with E-state index in [1.807, 2.05) is 37.3 Å². The number of imide groups is 2. The molecule has 1 unspecified atom stereocenters. The molecule has 4 aliphatic rings. The molecule has 4 amide bonds. The highest BCUT2D eigenvalue weighted by Gasteiger charge is 2.55. The molecule has 1 spiro atoms. The van der Waals surface area contributed by atoms with E-state index in [9.17, 15) is 27.6 Å². The first-order chi connectivity index (χ1) is 28.3. The lowest BCUT2D eigenvalue weighted by Crippen LogP contribution is -2.73. The van der Waals surface area contributed by atoms with Gasteiger partial charge in [0.15, 0.2) is 0 Å². The van der Waals surface area contributed by atoms with Crippen molar-refractivity contribution in [1.82, 2.24) is 34.7 Å². The summed E-state index contributed by atoms with van der Waals surface area (Å²) in [6, 6.07) is 13.2. The molecule has 19 heteroatoms. The first kappa shape index (κ1) is 38.9. The van der Waals surface area contributed by atoms with E-state index in [1.54, 1.807) is 12.3 Å². The van der Waals surface area contributed by atoms with Crippen molar-refractivity contribution >= 4 is 79.3 Å². The molecule has 4 aliphatic heterocycles. The number of hydrogen-bond donors (Lipinski definition) is 3. The average molecular weight is 859 g/mol. The molecule has 3 fully saturated rings. The van der Waals surface area contributed by atoms with Gasteiger partial charge in [-0.3, -0.25) is 39.5 Å². The van der Waals surface area contributed by atoms with E-state index in [0.717, 1.165) is 32.9 Å². The van der Waals surface area contributed by atoms with Crippen LogP contribution in [0.1, 0.15) is 58.6 Å². The van der Waals surface area contributed by atoms with Gasteiger partial charge in [-0.15, -0.1) is 0 Å². The number of carbonyl (C=O) groups is 4. The maximum atomic E-state index is 13.2. The Morgan fingerprint density at radius 2 is 1.71 bits per heavy atom. The Morgan fingerprint density at radius 1 is 0.949 bits per heavy atom. The molecule has 304 valence electrons. The van der Waals surface area contributed by atoms with E-state index in [4.69, 9.17) is 32.9 Å². The predicted octanol–water partition coefficient (Wildman–Crippen LogP) is 4.82. The number of fused-ring (bicyclic) bond motifs is 2. The van der Waals surface area contributed by atoms with Gasteiger partial charge >= 0.3 is 0 Å². The number of ether oxygens (including phenoxy) is 1. The number of halogens is 2. The van der Waals surface area contributed by atoms with Gasteiger partial charge in [-0.25, -0.2) is 17.7 Å². The van der Waals surface area contributed by atoms with E-state index in [1.165, 1.54) is 28.8 Å². The van der Waals surface area contributed by atoms with Gasteiger partial charge in [0.05, 0.1) is 32.4 Å². The molecule has 0 aliphatic carbocycles. The Bertz CT molecular complexity index is 2640. The van der Waals surface area contributed by atoms with Crippen LogP contribution in [0.2, 0.25) is 10.0 Å². The largest absolute Gasteiger partial charge is 0.486 e. The minimum Gasteiger partial charge on any atom is -0.486 e. The fourth-order valence-corrected chi connectivity index (χ4v) is 10.7. The first-order valence-electron chi connectivity index (χ1n) is 19.0. The van der Waals surface area contributed by atoms with Crippen LogP contribution >= 0.6 is 23.2 Å². The van der Waals surface area contributed by atoms with Crippen molar-refractivity contribution in [3.63, 3.8) is 0 Å². The van der Waals surface area contributed by atoms with Crippen molar-refractivity contribution in [2.75, 3.05) is 48.7 Å². The Balaban J connectivity index is 0.749. The number of aromatic nitrogens is 4. The summed E-state index contributed by atoms with van der Waals surface area (Å²) >= 11 is 12.7. The topological polar surface area (TPSA) is 200 Å². The third-order valence-corrected chi connectivity index (χ3v) is 13.8. The summed E-state index contributed by atoms with van der Waals surface area (Å²) in [5.74, 6) is -0.916. The number of H-pyrrole nitrogens is 1. The van der Waals surface area contributed by atoms with Gasteiger partial charge in [0.2, 0.25) is 21.8 Å². The summed E-state index contributed by atoms with van der Waals surface area (Å²) in [6.07, 6.45) is 4.87. The number of aromatic amines is 1. The molecule has 0 bridgehead atoms. The van der Waals surface area contributed by atoms with Gasteiger partial charge in [-0.05, 0) is 68.3 Å². The summed E-state index contributed by atoms with van der Waals surface area (Å²) in [6.45, 7) is 4.49. The maximum Gasteiger partial charge on any atom is 0.262 e. The Morgan fingerprint density at radius 3 is 2.44 bits per heavy atom. The highest BCUT2D eigenvalue weighted by Crippen LogP contribution is 2.43. The minimum atomic E-state index is -3.48. The molecule has 59 heavy (non-hydrogen) atoms. The molecule has 9 rings (SSSR count). The normalized spacial score (nSPS) is 19.4. The summed E-state index contributed by atoms with van der Waals surface area (Å²) < 4.78 is 34.1. The lowest BCUT2D eigenvalue weighted by atomic mass is 9.74. The van der Waals surface area contributed by atoms with Crippen molar-refractivity contribution in [1.29, 1.82) is 0 Å². The van der Waals surface area contributed by atoms with E-state index in [2.05, 4.69) is 30.7 Å². The Labute approximate surface area is 348 Å². The molecule has 3 saturated heterocycles. The quantitative estimate of drug-likeness (QED) is 0.114. The van der Waals surface area contributed by atoms with Gasteiger partial charge in [-0.2, -0.15) is 5.10 Å². The number of rotatable bonds is 12. The van der Waals surface area contributed by atoms with Gasteiger partial charge in [0, 0.05) is 85.4 Å². The summed E-state index contributed by atoms with van der Waals surface area (Å²) in [4.78, 5) is 61.8. The number of carbonyl (C=O) groups excluding carboxylic acids is 4. The van der Waals surface area contributed by atoms with E-state index >= 15 is 0 Å². The van der Waals surface area contributed by atoms with Crippen molar-refractivity contribution < 1.29 is 32.3 Å². The number of amides is 4. The molecule has 16 nitrogen and oxygen atoms in total. The second kappa shape index (κ2) is 14.9. The second-order valence-corrected chi connectivity index (χ2v) is 18.3. The van der Waals surface area contributed by atoms with Crippen LogP contribution in [0.25, 0.3) is 22.2 Å². The van der Waals surface area contributed by atoms with Gasteiger partial charge in [0.1, 0.15) is 29.4 Å². The summed E-state index contributed by atoms with van der Waals surface area (Å²) in [7, 11) is -3.48. The number of sulfonamides is 1. The molecular formula is C40H37Cl2N9O7S. The summed E-state index contributed by atoms with van der Waals surface area (Å²) in [5, 5.41) is 14.7. The molecule has 3 N–H and O–H groups in total. The number of nitrogens with one attached hydrogen (secondary N) is 3. The molecule has 5 aromatic rings. The lowest BCUT2D eigenvalue weighted by Gasteiger charge is -2.59. The van der Waals surface area contributed by atoms with Gasteiger partial charge < -0.3 is 15.0 Å². The number of hydrogen-bond acceptors (Lipinski definition) is 12. The molecule has 2 aromatic carbocycles. The van der Waals surface area contributed by atoms with Crippen LogP contribution < -0.4 is 20.3 Å². The van der Waals surface area contributed by atoms with Crippen LogP contribution in [0.5, 0.6) is 5.75 Å². The van der Waals surface area contributed by atoms with Crippen LogP contribution in [-0.4, -0.2) is 106 Å². The molecule has 0 saturated carbocycles. The Hall–Kier alpha value is -5.62. The van der Waals surface area contributed by atoms with E-state index in [-0.39, 0.29) is 35.1 Å². The highest BCUT2D eigenvalue weighted by molar-refractivity contribution is 7.89. The zero-order valence-corrected chi connectivity index (χ0v) is 33.9. The number of piperidine rings is 1. The fraction of sp³-hybridized carbons (Fsp3) is 0.325. The standard InChI is InChI=1S/C40H37Cl2N9O7S/c1-22(35-29(41)16-43-17-30(35)42)58-25-5-7-31-28(14-25)36(48-47-31)23-3-9-33(45-15-23)49-18-40(19-49)20-50(21-40)59(56,57)12-2-11-44-24-4-6-26-27(13-24)39(55)51(38(26)54)32-8-10-34(52)46-37(32)53/h3-7,9,13-17,22,32,44H,2,8,10-12,18-21H2,1H3,(H,47,48)(H,46,52,53)/t22-,32?/m1/s1. The van der Waals surface area contributed by atoms with Crippen LogP contribution in [-0.2, 0) is 19.6 Å². The number of pyridine rings is 2. The molecule has 0 radical (unpaired) electrons. The third-order valence-electron chi connectivity index (χ3n) is 11.3. The summed E-state index contributed by atoms with van der Waals surface area (Å²) in [5.41, 5.74) is 3.81. The molecule has 3 aromatic heterocycles. The van der Waals surface area contributed by atoms with E-state index in [0.29, 0.717) is 66.2 Å². The second-order valence-electron chi connectivity index (χ2n) is 15.4. The Kier molecular flexibility index (Phi) is 9.81. The van der Waals surface area contributed by atoms with Gasteiger partial charge in [-0.1, -0.05) is 23.2 Å². The van der Waals surface area contributed by atoms with Crippen LogP contribution in [0.3, 0.4) is 0 Å². The minimum absolute atomic E-state index is 0.0386. The molecule has 2 atom stereocenters. The van der Waals surface area contributed by atoms with Crippen molar-refractivity contribution in [2.45, 2.75) is 38.3 Å². The van der Waals surface area contributed by atoms with Crippen molar-refractivity contribution in [2.24, 2.45) is 5.41 Å². The number of benzene rings is 2. The maximum absolute atomic E-state index is 13.2. The highest BCUT2D eigenvalue weighted by atomic mass is 35.5. The van der Waals surface area contributed by atoms with Crippen LogP contribution in [0.15, 0.2) is 67.1 Å². The van der Waals surface area contributed by atoms with Crippen LogP contribution in [0, 0.1) is 5.41 Å². The molecule has 7 heterocycles. The average Bonchev–Trinajstić information content (AvgIpc) is 3.69. The monoisotopic (exact) mass is 857 g/mol. The SMILES string of the molecule is C[C@@H](Oc1ccc2[nH]nc(-c3ccc(N4CC5(C4)CN(S(=O)(=O)CCCNc4ccc6c(c4)C(=O)N(C4CCC(=O)NC4=O)C6=O)C5)nc3)c2c1)c1c(Cl)cncc1Cl. The number of nitrogens with zero attached hydrogens (tertiary/aromatic N) is 6.